The number of amides is 2. The van der Waals surface area contributed by atoms with Gasteiger partial charge in [-0.2, -0.15) is 5.10 Å². The molecule has 3 aliphatic rings. The monoisotopic (exact) mass is 359 g/mol. The van der Waals surface area contributed by atoms with Crippen LogP contribution in [0, 0.1) is 0 Å². The van der Waals surface area contributed by atoms with E-state index in [4.69, 9.17) is 5.10 Å². The molecule has 2 N–H and O–H groups in total. The van der Waals surface area contributed by atoms with Gasteiger partial charge in [0.25, 0.3) is 0 Å². The predicted octanol–water partition coefficient (Wildman–Crippen LogP) is 3.16. The van der Waals surface area contributed by atoms with Crippen molar-refractivity contribution in [2.24, 2.45) is 0 Å². The van der Waals surface area contributed by atoms with Crippen molar-refractivity contribution < 1.29 is 4.79 Å². The van der Waals surface area contributed by atoms with E-state index in [0.717, 1.165) is 44.2 Å². The van der Waals surface area contributed by atoms with Gasteiger partial charge in [-0.05, 0) is 31.7 Å². The van der Waals surface area contributed by atoms with E-state index in [1.807, 2.05) is 0 Å². The van der Waals surface area contributed by atoms with Gasteiger partial charge in [-0.3, -0.25) is 9.58 Å². The Bertz CT molecular complexity index is 601. The van der Waals surface area contributed by atoms with Crippen LogP contribution in [0.25, 0.3) is 0 Å². The molecule has 6 nitrogen and oxygen atoms in total. The zero-order valence-electron chi connectivity index (χ0n) is 15.9. The Morgan fingerprint density at radius 2 is 1.77 bits per heavy atom. The Kier molecular flexibility index (Phi) is 5.78. The van der Waals surface area contributed by atoms with E-state index >= 15 is 0 Å². The second-order valence-corrected chi connectivity index (χ2v) is 8.27. The third-order valence-corrected chi connectivity index (χ3v) is 6.34. The summed E-state index contributed by atoms with van der Waals surface area (Å²) >= 11 is 0. The Morgan fingerprint density at radius 3 is 2.54 bits per heavy atom. The maximum atomic E-state index is 12.1. The highest BCUT2D eigenvalue weighted by Gasteiger charge is 2.26. The summed E-state index contributed by atoms with van der Waals surface area (Å²) in [4.78, 5) is 14.8. The highest BCUT2D eigenvalue weighted by molar-refractivity contribution is 5.74. The molecule has 0 atom stereocenters. The number of carbonyl (C=O) groups excluding carboxylic acids is 1. The summed E-state index contributed by atoms with van der Waals surface area (Å²) in [7, 11) is 0. The zero-order valence-corrected chi connectivity index (χ0v) is 15.9. The number of nitrogens with zero attached hydrogens (tertiary/aromatic N) is 3. The first kappa shape index (κ1) is 17.8. The number of nitrogens with one attached hydrogen (secondary N) is 2. The molecular weight excluding hydrogens is 326 g/mol. The number of carbonyl (C=O) groups is 1. The lowest BCUT2D eigenvalue weighted by Gasteiger charge is -2.36. The molecular formula is C20H33N5O. The predicted molar refractivity (Wildman–Crippen MR) is 102 cm³/mol. The quantitative estimate of drug-likeness (QED) is 0.868. The van der Waals surface area contributed by atoms with Crippen LogP contribution in [0.3, 0.4) is 0 Å². The standard InChI is InChI=1S/C20H33N5O/c26-20(22-16-7-3-1-4-8-16)21-14-17-13-19-15-24(11-12-25(19)23-17)18-9-5-2-6-10-18/h13,16,18H,1-12,14-15H2,(H2,21,22,26). The molecule has 2 saturated carbocycles. The van der Waals surface area contributed by atoms with Crippen molar-refractivity contribution in [3.8, 4) is 0 Å². The second kappa shape index (κ2) is 8.42. The average Bonchev–Trinajstić information content (AvgIpc) is 3.10. The van der Waals surface area contributed by atoms with Crippen molar-refractivity contribution in [2.75, 3.05) is 6.54 Å². The summed E-state index contributed by atoms with van der Waals surface area (Å²) in [6.07, 6.45) is 12.9. The van der Waals surface area contributed by atoms with Crippen LogP contribution in [0.4, 0.5) is 4.79 Å². The normalized spacial score (nSPS) is 22.8. The molecule has 2 heterocycles. The molecule has 26 heavy (non-hydrogen) atoms. The summed E-state index contributed by atoms with van der Waals surface area (Å²) < 4.78 is 2.13. The van der Waals surface area contributed by atoms with Crippen molar-refractivity contribution in [3.63, 3.8) is 0 Å². The minimum atomic E-state index is -0.0493. The second-order valence-electron chi connectivity index (χ2n) is 8.27. The van der Waals surface area contributed by atoms with E-state index in [2.05, 4.69) is 26.3 Å². The van der Waals surface area contributed by atoms with E-state index in [9.17, 15) is 4.79 Å². The SMILES string of the molecule is O=C(NCc1cc2n(n1)CCN(C1CCCCC1)C2)NC1CCCCC1. The molecule has 1 aromatic rings. The molecule has 0 spiro atoms. The molecule has 2 aliphatic carbocycles. The Balaban J connectivity index is 1.27. The topological polar surface area (TPSA) is 62.2 Å². The maximum absolute atomic E-state index is 12.1. The minimum Gasteiger partial charge on any atom is -0.335 e. The third kappa shape index (κ3) is 4.40. The first-order valence-electron chi connectivity index (χ1n) is 10.6. The molecule has 0 aromatic carbocycles. The fraction of sp³-hybridized carbons (Fsp3) is 0.800. The lowest BCUT2D eigenvalue weighted by Crippen LogP contribution is -2.42. The van der Waals surface area contributed by atoms with Gasteiger partial charge in [0, 0.05) is 25.2 Å². The molecule has 0 saturated heterocycles. The van der Waals surface area contributed by atoms with Crippen LogP contribution in [0.15, 0.2) is 6.07 Å². The van der Waals surface area contributed by atoms with Gasteiger partial charge in [-0.1, -0.05) is 38.5 Å². The minimum absolute atomic E-state index is 0.0493. The van der Waals surface area contributed by atoms with E-state index in [0.29, 0.717) is 12.6 Å². The van der Waals surface area contributed by atoms with Gasteiger partial charge in [0.2, 0.25) is 0 Å². The number of hydrogen-bond donors (Lipinski definition) is 2. The largest absolute Gasteiger partial charge is 0.335 e. The lowest BCUT2D eigenvalue weighted by molar-refractivity contribution is 0.119. The van der Waals surface area contributed by atoms with Crippen molar-refractivity contribution in [2.45, 2.75) is 95.9 Å². The molecule has 0 unspecified atom stereocenters. The number of hydrogen-bond acceptors (Lipinski definition) is 3. The maximum Gasteiger partial charge on any atom is 0.315 e. The summed E-state index contributed by atoms with van der Waals surface area (Å²) in [5.74, 6) is 0. The molecule has 1 aliphatic heterocycles. The van der Waals surface area contributed by atoms with Crippen molar-refractivity contribution in [1.29, 1.82) is 0 Å². The molecule has 2 amide bonds. The summed E-state index contributed by atoms with van der Waals surface area (Å²) in [6, 6.07) is 3.24. The Labute approximate surface area is 156 Å². The highest BCUT2D eigenvalue weighted by atomic mass is 16.2. The van der Waals surface area contributed by atoms with E-state index in [1.165, 1.54) is 57.1 Å². The number of rotatable bonds is 4. The zero-order chi connectivity index (χ0) is 17.8. The smallest absolute Gasteiger partial charge is 0.315 e. The Hall–Kier alpha value is -1.56. The molecule has 0 bridgehead atoms. The molecule has 0 radical (unpaired) electrons. The van der Waals surface area contributed by atoms with Crippen molar-refractivity contribution in [3.05, 3.63) is 17.5 Å². The van der Waals surface area contributed by atoms with Gasteiger partial charge >= 0.3 is 6.03 Å². The van der Waals surface area contributed by atoms with E-state index in [-0.39, 0.29) is 6.03 Å². The van der Waals surface area contributed by atoms with Gasteiger partial charge in [-0.25, -0.2) is 4.79 Å². The van der Waals surface area contributed by atoms with Crippen molar-refractivity contribution >= 4 is 6.03 Å². The third-order valence-electron chi connectivity index (χ3n) is 6.34. The number of urea groups is 1. The summed E-state index contributed by atoms with van der Waals surface area (Å²) in [5.41, 5.74) is 2.27. The van der Waals surface area contributed by atoms with Gasteiger partial charge in [0.15, 0.2) is 0 Å². The molecule has 4 rings (SSSR count). The number of aromatic nitrogens is 2. The van der Waals surface area contributed by atoms with Crippen LogP contribution in [0.2, 0.25) is 0 Å². The summed E-state index contributed by atoms with van der Waals surface area (Å²) in [5, 5.41) is 10.8. The molecule has 144 valence electrons. The fourth-order valence-corrected chi connectivity index (χ4v) is 4.84. The van der Waals surface area contributed by atoms with Crippen LogP contribution < -0.4 is 10.6 Å². The lowest BCUT2D eigenvalue weighted by atomic mass is 9.94. The highest BCUT2D eigenvalue weighted by Crippen LogP contribution is 2.26. The molecule has 2 fully saturated rings. The number of fused-ring (bicyclic) bond motifs is 1. The van der Waals surface area contributed by atoms with Crippen LogP contribution in [0.5, 0.6) is 0 Å². The fourth-order valence-electron chi connectivity index (χ4n) is 4.84. The summed E-state index contributed by atoms with van der Waals surface area (Å²) in [6.45, 7) is 3.60. The van der Waals surface area contributed by atoms with Crippen LogP contribution in [0.1, 0.15) is 75.6 Å². The molecule has 1 aromatic heterocycles. The Morgan fingerprint density at radius 1 is 1.04 bits per heavy atom. The van der Waals surface area contributed by atoms with Crippen molar-refractivity contribution in [1.82, 2.24) is 25.3 Å². The first-order valence-corrected chi connectivity index (χ1v) is 10.6. The van der Waals surface area contributed by atoms with Gasteiger partial charge in [0.05, 0.1) is 24.5 Å². The average molecular weight is 360 g/mol. The first-order chi connectivity index (χ1) is 12.8. The van der Waals surface area contributed by atoms with Gasteiger partial charge in [0.1, 0.15) is 0 Å². The van der Waals surface area contributed by atoms with E-state index in [1.54, 1.807) is 0 Å². The van der Waals surface area contributed by atoms with Gasteiger partial charge in [-0.15, -0.1) is 0 Å². The van der Waals surface area contributed by atoms with Crippen LogP contribution in [-0.4, -0.2) is 39.3 Å². The molecule has 6 heteroatoms. The van der Waals surface area contributed by atoms with Gasteiger partial charge < -0.3 is 10.6 Å². The van der Waals surface area contributed by atoms with E-state index < -0.39 is 0 Å². The van der Waals surface area contributed by atoms with Crippen LogP contribution >= 0.6 is 0 Å². The van der Waals surface area contributed by atoms with Crippen LogP contribution in [-0.2, 0) is 19.6 Å².